The number of carbonyl (C=O) groups is 1. The average molecular weight is 404 g/mol. The molecule has 0 heterocycles. The van der Waals surface area contributed by atoms with Crippen LogP contribution < -0.4 is 18.9 Å². The second kappa shape index (κ2) is 10.2. The van der Waals surface area contributed by atoms with Crippen LogP contribution in [0.25, 0.3) is 12.2 Å². The molecule has 0 aliphatic heterocycles. The summed E-state index contributed by atoms with van der Waals surface area (Å²) in [5.74, 6) is 1.99. The zero-order chi connectivity index (χ0) is 21.3. The van der Waals surface area contributed by atoms with Crippen molar-refractivity contribution in [2.75, 3.05) is 14.2 Å². The van der Waals surface area contributed by atoms with Gasteiger partial charge in [0.05, 0.1) is 14.2 Å². The van der Waals surface area contributed by atoms with E-state index in [1.54, 1.807) is 26.4 Å². The van der Waals surface area contributed by atoms with Gasteiger partial charge in [-0.25, -0.2) is 0 Å². The van der Waals surface area contributed by atoms with Crippen LogP contribution in [0.5, 0.6) is 23.0 Å². The molecule has 0 aliphatic carbocycles. The van der Waals surface area contributed by atoms with Crippen molar-refractivity contribution < 1.29 is 23.7 Å². The Labute approximate surface area is 176 Å². The highest BCUT2D eigenvalue weighted by Gasteiger charge is 2.06. The summed E-state index contributed by atoms with van der Waals surface area (Å²) in [6.45, 7) is 1.83. The average Bonchev–Trinajstić information content (AvgIpc) is 2.76. The molecule has 0 spiro atoms. The molecule has 0 saturated heterocycles. The zero-order valence-electron chi connectivity index (χ0n) is 17.3. The van der Waals surface area contributed by atoms with Crippen molar-refractivity contribution in [1.82, 2.24) is 0 Å². The third-order valence-electron chi connectivity index (χ3n) is 4.29. The third kappa shape index (κ3) is 5.88. The molecule has 0 radical (unpaired) electrons. The maximum atomic E-state index is 11.2. The van der Waals surface area contributed by atoms with E-state index in [-0.39, 0.29) is 5.97 Å². The lowest BCUT2D eigenvalue weighted by Gasteiger charge is -2.11. The van der Waals surface area contributed by atoms with Gasteiger partial charge < -0.3 is 18.9 Å². The van der Waals surface area contributed by atoms with E-state index >= 15 is 0 Å². The van der Waals surface area contributed by atoms with E-state index < -0.39 is 0 Å². The smallest absolute Gasteiger partial charge is 0.308 e. The molecular weight excluding hydrogens is 380 g/mol. The fourth-order valence-corrected chi connectivity index (χ4v) is 2.87. The Balaban J connectivity index is 1.76. The molecule has 0 unspecified atom stereocenters. The number of benzene rings is 3. The van der Waals surface area contributed by atoms with Crippen LogP contribution in [0.1, 0.15) is 23.6 Å². The van der Waals surface area contributed by atoms with E-state index in [1.807, 2.05) is 66.7 Å². The van der Waals surface area contributed by atoms with Crippen LogP contribution in [0.3, 0.4) is 0 Å². The highest BCUT2D eigenvalue weighted by molar-refractivity contribution is 5.74. The molecule has 3 rings (SSSR count). The van der Waals surface area contributed by atoms with E-state index in [1.165, 1.54) is 6.92 Å². The molecule has 0 aromatic heterocycles. The molecule has 5 heteroatoms. The largest absolute Gasteiger partial charge is 0.497 e. The molecule has 0 amide bonds. The lowest BCUT2D eigenvalue weighted by molar-refractivity contribution is -0.131. The van der Waals surface area contributed by atoms with Crippen LogP contribution in [-0.4, -0.2) is 20.2 Å². The van der Waals surface area contributed by atoms with Crippen molar-refractivity contribution in [3.05, 3.63) is 83.4 Å². The summed E-state index contributed by atoms with van der Waals surface area (Å²) in [5.41, 5.74) is 2.87. The minimum absolute atomic E-state index is 0.381. The van der Waals surface area contributed by atoms with Gasteiger partial charge in [0.15, 0.2) is 11.5 Å². The summed E-state index contributed by atoms with van der Waals surface area (Å²) in [5, 5.41) is 0. The van der Waals surface area contributed by atoms with Gasteiger partial charge in [0.25, 0.3) is 0 Å². The van der Waals surface area contributed by atoms with Gasteiger partial charge in [-0.3, -0.25) is 4.79 Å². The maximum absolute atomic E-state index is 11.2. The van der Waals surface area contributed by atoms with Gasteiger partial charge in [0.2, 0.25) is 0 Å². The lowest BCUT2D eigenvalue weighted by atomic mass is 10.1. The summed E-state index contributed by atoms with van der Waals surface area (Å²) < 4.78 is 21.8. The van der Waals surface area contributed by atoms with Gasteiger partial charge in [0, 0.05) is 13.0 Å². The predicted molar refractivity (Wildman–Crippen MR) is 117 cm³/mol. The zero-order valence-corrected chi connectivity index (χ0v) is 17.3. The normalized spacial score (nSPS) is 10.6. The molecule has 0 saturated carbocycles. The van der Waals surface area contributed by atoms with Crippen molar-refractivity contribution >= 4 is 18.1 Å². The quantitative estimate of drug-likeness (QED) is 0.287. The Morgan fingerprint density at radius 1 is 0.800 bits per heavy atom. The third-order valence-corrected chi connectivity index (χ3v) is 4.29. The number of hydrogen-bond donors (Lipinski definition) is 0. The number of esters is 1. The van der Waals surface area contributed by atoms with Gasteiger partial charge in [-0.2, -0.15) is 0 Å². The molecule has 0 fully saturated rings. The summed E-state index contributed by atoms with van der Waals surface area (Å²) in [6.07, 6.45) is 3.85. The van der Waals surface area contributed by atoms with Gasteiger partial charge in [0.1, 0.15) is 18.1 Å². The molecule has 154 valence electrons. The number of hydrogen-bond acceptors (Lipinski definition) is 5. The van der Waals surface area contributed by atoms with Gasteiger partial charge in [-0.05, 0) is 41.0 Å². The van der Waals surface area contributed by atoms with Crippen molar-refractivity contribution in [3.8, 4) is 23.0 Å². The first-order chi connectivity index (χ1) is 14.6. The Bertz CT molecular complexity index is 1020. The van der Waals surface area contributed by atoms with E-state index in [9.17, 15) is 4.79 Å². The Hall–Kier alpha value is -3.73. The highest BCUT2D eigenvalue weighted by atomic mass is 16.5. The predicted octanol–water partition coefficient (Wildman–Crippen LogP) is 5.38. The van der Waals surface area contributed by atoms with Crippen LogP contribution in [0, 0.1) is 0 Å². The van der Waals surface area contributed by atoms with Crippen LogP contribution >= 0.6 is 0 Å². The maximum Gasteiger partial charge on any atom is 0.308 e. The van der Waals surface area contributed by atoms with Crippen molar-refractivity contribution in [2.24, 2.45) is 0 Å². The monoisotopic (exact) mass is 404 g/mol. The molecule has 3 aromatic carbocycles. The summed E-state index contributed by atoms with van der Waals surface area (Å²) in [7, 11) is 3.19. The van der Waals surface area contributed by atoms with E-state index in [0.29, 0.717) is 29.6 Å². The SMILES string of the molecule is COc1cc(/C=C/c2ccc(OCc3ccccc3)c(OC)c2)cc(OC(C)=O)c1. The number of methoxy groups -OCH3 is 2. The van der Waals surface area contributed by atoms with E-state index in [4.69, 9.17) is 18.9 Å². The Morgan fingerprint density at radius 2 is 1.53 bits per heavy atom. The van der Waals surface area contributed by atoms with E-state index in [0.717, 1.165) is 16.7 Å². The molecule has 30 heavy (non-hydrogen) atoms. The fourth-order valence-electron chi connectivity index (χ4n) is 2.87. The first-order valence-electron chi connectivity index (χ1n) is 9.47. The standard InChI is InChI=1S/C25H24O5/c1-18(26)30-23-14-21(13-22(16-23)27-2)10-9-19-11-12-24(25(15-19)28-3)29-17-20-7-5-4-6-8-20/h4-16H,17H2,1-3H3/b10-9+. The molecule has 0 N–H and O–H groups in total. The van der Waals surface area contributed by atoms with Gasteiger partial charge in [-0.15, -0.1) is 0 Å². The molecule has 3 aromatic rings. The summed E-state index contributed by atoms with van der Waals surface area (Å²) in [4.78, 5) is 11.2. The highest BCUT2D eigenvalue weighted by Crippen LogP contribution is 2.30. The van der Waals surface area contributed by atoms with Crippen molar-refractivity contribution in [1.29, 1.82) is 0 Å². The number of ether oxygens (including phenoxy) is 4. The first kappa shape index (κ1) is 21.0. The van der Waals surface area contributed by atoms with Crippen LogP contribution in [0.15, 0.2) is 66.7 Å². The molecule has 0 aliphatic rings. The molecular formula is C25H24O5. The Morgan fingerprint density at radius 3 is 2.23 bits per heavy atom. The molecule has 5 nitrogen and oxygen atoms in total. The van der Waals surface area contributed by atoms with Crippen molar-refractivity contribution in [2.45, 2.75) is 13.5 Å². The minimum atomic E-state index is -0.381. The van der Waals surface area contributed by atoms with Gasteiger partial charge in [-0.1, -0.05) is 48.6 Å². The summed E-state index contributed by atoms with van der Waals surface area (Å²) >= 11 is 0. The second-order valence-corrected chi connectivity index (χ2v) is 6.55. The van der Waals surface area contributed by atoms with Crippen LogP contribution in [-0.2, 0) is 11.4 Å². The fraction of sp³-hybridized carbons (Fsp3) is 0.160. The first-order valence-corrected chi connectivity index (χ1v) is 9.47. The minimum Gasteiger partial charge on any atom is -0.497 e. The topological polar surface area (TPSA) is 54.0 Å². The second-order valence-electron chi connectivity index (χ2n) is 6.55. The molecule has 0 bridgehead atoms. The van der Waals surface area contributed by atoms with Crippen LogP contribution in [0.2, 0.25) is 0 Å². The molecule has 0 atom stereocenters. The Kier molecular flexibility index (Phi) is 7.11. The van der Waals surface area contributed by atoms with E-state index in [2.05, 4.69) is 0 Å². The number of carbonyl (C=O) groups excluding carboxylic acids is 1. The number of rotatable bonds is 8. The van der Waals surface area contributed by atoms with Crippen LogP contribution in [0.4, 0.5) is 0 Å². The summed E-state index contributed by atoms with van der Waals surface area (Å²) in [6, 6.07) is 21.0. The lowest BCUT2D eigenvalue weighted by Crippen LogP contribution is -2.01. The van der Waals surface area contributed by atoms with Crippen molar-refractivity contribution in [3.63, 3.8) is 0 Å². The van der Waals surface area contributed by atoms with Gasteiger partial charge >= 0.3 is 5.97 Å².